The van der Waals surface area contributed by atoms with Crippen LogP contribution < -0.4 is 15.4 Å². The molecule has 0 saturated carbocycles. The lowest BCUT2D eigenvalue weighted by atomic mass is 10.3. The topological polar surface area (TPSA) is 62.8 Å². The molecule has 0 aliphatic rings. The molecule has 2 N–H and O–H groups in total. The van der Waals surface area contributed by atoms with E-state index < -0.39 is 0 Å². The molecule has 0 unspecified atom stereocenters. The van der Waals surface area contributed by atoms with Crippen LogP contribution in [0, 0.1) is 0 Å². The maximum absolute atomic E-state index is 11.7. The molecule has 0 bridgehead atoms. The number of amides is 1. The Balaban J connectivity index is 2.44. The van der Waals surface area contributed by atoms with Crippen LogP contribution in [0.3, 0.4) is 0 Å². The van der Waals surface area contributed by atoms with E-state index in [9.17, 15) is 4.79 Å². The highest BCUT2D eigenvalue weighted by atomic mass is 32.1. The second-order valence-corrected chi connectivity index (χ2v) is 4.75. The fraction of sp³-hybridized carbons (Fsp3) is 0.429. The molecule has 7 heteroatoms. The van der Waals surface area contributed by atoms with Gasteiger partial charge in [-0.25, -0.2) is 0 Å². The summed E-state index contributed by atoms with van der Waals surface area (Å²) in [6.07, 6.45) is 0. The minimum atomic E-state index is -0.107. The van der Waals surface area contributed by atoms with Crippen LogP contribution in [0.1, 0.15) is 0 Å². The lowest BCUT2D eigenvalue weighted by Crippen LogP contribution is -2.41. The monoisotopic (exact) mass is 311 g/mol. The van der Waals surface area contributed by atoms with Crippen LogP contribution in [0.25, 0.3) is 0 Å². The Kier molecular flexibility index (Phi) is 7.49. The zero-order valence-corrected chi connectivity index (χ0v) is 13.3. The Morgan fingerprint density at radius 1 is 1.38 bits per heavy atom. The molecular formula is C14H21N3O3S. The molecule has 0 spiro atoms. The number of carbonyl (C=O) groups excluding carboxylic acids is 1. The van der Waals surface area contributed by atoms with Gasteiger partial charge in [0.15, 0.2) is 5.11 Å². The SMILES string of the molecule is COCCNC(=O)CN(C)C(=S)Nc1cccc(OC)c1. The predicted octanol–water partition coefficient (Wildman–Crippen LogP) is 1.09. The Morgan fingerprint density at radius 2 is 2.14 bits per heavy atom. The van der Waals surface area contributed by atoms with E-state index in [1.807, 2.05) is 24.3 Å². The van der Waals surface area contributed by atoms with E-state index in [-0.39, 0.29) is 12.5 Å². The number of nitrogens with zero attached hydrogens (tertiary/aromatic N) is 1. The molecule has 6 nitrogen and oxygen atoms in total. The van der Waals surface area contributed by atoms with Crippen LogP contribution in [0.5, 0.6) is 5.75 Å². The number of anilines is 1. The maximum Gasteiger partial charge on any atom is 0.239 e. The molecule has 1 amide bonds. The van der Waals surface area contributed by atoms with Crippen LogP contribution in [0.15, 0.2) is 24.3 Å². The number of hydrogen-bond acceptors (Lipinski definition) is 4. The molecule has 0 aliphatic heterocycles. The number of hydrogen-bond donors (Lipinski definition) is 2. The van der Waals surface area contributed by atoms with Gasteiger partial charge in [-0.3, -0.25) is 4.79 Å². The Morgan fingerprint density at radius 3 is 2.81 bits per heavy atom. The lowest BCUT2D eigenvalue weighted by molar-refractivity contribution is -0.121. The normalized spacial score (nSPS) is 9.86. The molecule has 0 aliphatic carbocycles. The molecule has 0 fully saturated rings. The largest absolute Gasteiger partial charge is 0.497 e. The van der Waals surface area contributed by atoms with Crippen molar-refractivity contribution >= 4 is 28.9 Å². The van der Waals surface area contributed by atoms with Gasteiger partial charge in [0.2, 0.25) is 5.91 Å². The standard InChI is InChI=1S/C14H21N3O3S/c1-17(10-13(18)15-7-8-19-2)14(21)16-11-5-4-6-12(9-11)20-3/h4-6,9H,7-8,10H2,1-3H3,(H,15,18)(H,16,21). The van der Waals surface area contributed by atoms with Gasteiger partial charge < -0.3 is 25.0 Å². The second-order valence-electron chi connectivity index (χ2n) is 4.36. The number of nitrogens with one attached hydrogen (secondary N) is 2. The van der Waals surface area contributed by atoms with Crippen LogP contribution in [0.2, 0.25) is 0 Å². The van der Waals surface area contributed by atoms with Crippen LogP contribution in [-0.2, 0) is 9.53 Å². The Labute approximate surface area is 130 Å². The fourth-order valence-electron chi connectivity index (χ4n) is 1.56. The van der Waals surface area contributed by atoms with Crippen molar-refractivity contribution in [2.75, 3.05) is 46.3 Å². The molecule has 0 radical (unpaired) electrons. The molecule has 116 valence electrons. The summed E-state index contributed by atoms with van der Waals surface area (Å²) in [6, 6.07) is 7.42. The highest BCUT2D eigenvalue weighted by molar-refractivity contribution is 7.80. The summed E-state index contributed by atoms with van der Waals surface area (Å²) < 4.78 is 10.0. The van der Waals surface area contributed by atoms with E-state index in [1.54, 1.807) is 26.2 Å². The average molecular weight is 311 g/mol. The first kappa shape index (κ1) is 17.2. The van der Waals surface area contributed by atoms with E-state index in [4.69, 9.17) is 21.7 Å². The number of carbonyl (C=O) groups is 1. The highest BCUT2D eigenvalue weighted by Gasteiger charge is 2.09. The van der Waals surface area contributed by atoms with Gasteiger partial charge in [-0.05, 0) is 24.4 Å². The maximum atomic E-state index is 11.7. The molecule has 0 aromatic heterocycles. The smallest absolute Gasteiger partial charge is 0.239 e. The minimum absolute atomic E-state index is 0.107. The molecule has 0 heterocycles. The predicted molar refractivity (Wildman–Crippen MR) is 86.7 cm³/mol. The molecule has 1 aromatic rings. The third-order valence-electron chi connectivity index (χ3n) is 2.68. The molecule has 0 saturated heterocycles. The van der Waals surface area contributed by atoms with Crippen molar-refractivity contribution in [3.8, 4) is 5.75 Å². The van der Waals surface area contributed by atoms with Crippen LogP contribution in [-0.4, -0.2) is 56.9 Å². The third kappa shape index (κ3) is 6.42. The highest BCUT2D eigenvalue weighted by Crippen LogP contribution is 2.16. The van der Waals surface area contributed by atoms with E-state index in [0.29, 0.717) is 18.3 Å². The van der Waals surface area contributed by atoms with Crippen molar-refractivity contribution in [2.45, 2.75) is 0 Å². The fourth-order valence-corrected chi connectivity index (χ4v) is 1.74. The number of thiocarbonyl (C=S) groups is 1. The van der Waals surface area contributed by atoms with Crippen molar-refractivity contribution < 1.29 is 14.3 Å². The van der Waals surface area contributed by atoms with Gasteiger partial charge in [-0.1, -0.05) is 6.07 Å². The van der Waals surface area contributed by atoms with Gasteiger partial charge in [-0.2, -0.15) is 0 Å². The quantitative estimate of drug-likeness (QED) is 0.580. The van der Waals surface area contributed by atoms with Crippen LogP contribution in [0.4, 0.5) is 5.69 Å². The van der Waals surface area contributed by atoms with Gasteiger partial charge in [0.05, 0.1) is 20.3 Å². The average Bonchev–Trinajstić information content (AvgIpc) is 2.47. The molecule has 21 heavy (non-hydrogen) atoms. The summed E-state index contributed by atoms with van der Waals surface area (Å²) in [5, 5.41) is 6.26. The van der Waals surface area contributed by atoms with Gasteiger partial charge in [0.25, 0.3) is 0 Å². The van der Waals surface area contributed by atoms with Crippen molar-refractivity contribution in [1.82, 2.24) is 10.2 Å². The summed E-state index contributed by atoms with van der Waals surface area (Å²) in [4.78, 5) is 13.3. The number of benzene rings is 1. The first-order chi connectivity index (χ1) is 10.1. The van der Waals surface area contributed by atoms with E-state index in [0.717, 1.165) is 11.4 Å². The van der Waals surface area contributed by atoms with E-state index in [2.05, 4.69) is 10.6 Å². The summed E-state index contributed by atoms with van der Waals surface area (Å²) in [7, 11) is 4.95. The van der Waals surface area contributed by atoms with Crippen molar-refractivity contribution in [2.24, 2.45) is 0 Å². The zero-order chi connectivity index (χ0) is 15.7. The second kappa shape index (κ2) is 9.15. The Bertz CT molecular complexity index is 482. The molecule has 0 atom stereocenters. The molecular weight excluding hydrogens is 290 g/mol. The summed E-state index contributed by atoms with van der Waals surface area (Å²) in [6.45, 7) is 1.15. The lowest BCUT2D eigenvalue weighted by Gasteiger charge is -2.20. The summed E-state index contributed by atoms with van der Waals surface area (Å²) >= 11 is 5.26. The number of methoxy groups -OCH3 is 2. The third-order valence-corrected chi connectivity index (χ3v) is 3.09. The summed E-state index contributed by atoms with van der Waals surface area (Å²) in [5.41, 5.74) is 0.811. The summed E-state index contributed by atoms with van der Waals surface area (Å²) in [5.74, 6) is 0.632. The van der Waals surface area contributed by atoms with Gasteiger partial charge >= 0.3 is 0 Å². The number of ether oxygens (including phenoxy) is 2. The zero-order valence-electron chi connectivity index (χ0n) is 12.5. The minimum Gasteiger partial charge on any atom is -0.497 e. The number of likely N-dealkylation sites (N-methyl/N-ethyl adjacent to an activating group) is 1. The first-order valence-electron chi connectivity index (χ1n) is 6.48. The van der Waals surface area contributed by atoms with Gasteiger partial charge in [-0.15, -0.1) is 0 Å². The van der Waals surface area contributed by atoms with Crippen LogP contribution >= 0.6 is 12.2 Å². The van der Waals surface area contributed by atoms with Crippen molar-refractivity contribution in [3.05, 3.63) is 24.3 Å². The van der Waals surface area contributed by atoms with Crippen molar-refractivity contribution in [1.29, 1.82) is 0 Å². The van der Waals surface area contributed by atoms with E-state index in [1.165, 1.54) is 0 Å². The van der Waals surface area contributed by atoms with Gasteiger partial charge in [0, 0.05) is 32.5 Å². The van der Waals surface area contributed by atoms with Gasteiger partial charge in [0.1, 0.15) is 5.75 Å². The molecule has 1 aromatic carbocycles. The number of rotatable bonds is 7. The van der Waals surface area contributed by atoms with E-state index >= 15 is 0 Å². The molecule has 1 rings (SSSR count). The van der Waals surface area contributed by atoms with Crippen molar-refractivity contribution in [3.63, 3.8) is 0 Å². The Hall–Kier alpha value is -1.86. The first-order valence-corrected chi connectivity index (χ1v) is 6.89.